The highest BCUT2D eigenvalue weighted by Gasteiger charge is 2.31. The number of rotatable bonds is 12. The summed E-state index contributed by atoms with van der Waals surface area (Å²) in [6, 6.07) is 14.2. The van der Waals surface area contributed by atoms with E-state index in [0.717, 1.165) is 50.3 Å². The van der Waals surface area contributed by atoms with Crippen molar-refractivity contribution in [2.45, 2.75) is 91.1 Å². The van der Waals surface area contributed by atoms with Crippen LogP contribution in [0.2, 0.25) is 0 Å². The quantitative estimate of drug-likeness (QED) is 0.354. The van der Waals surface area contributed by atoms with E-state index < -0.39 is 15.7 Å². The fraction of sp³-hybridized carbons (Fsp3) is 0.571. The molecule has 0 aromatic heterocycles. The normalized spacial score (nSPS) is 13.7. The summed E-state index contributed by atoms with van der Waals surface area (Å²) in [6.07, 6.45) is 6.27. The Kier molecular flexibility index (Phi) is 9.17. The van der Waals surface area contributed by atoms with Gasteiger partial charge in [-0.2, -0.15) is 8.42 Å². The van der Waals surface area contributed by atoms with Gasteiger partial charge in [0, 0.05) is 5.41 Å². The molecule has 2 aromatic carbocycles. The zero-order valence-electron chi connectivity index (χ0n) is 21.4. The molecule has 0 fully saturated rings. The zero-order chi connectivity index (χ0) is 24.9. The van der Waals surface area contributed by atoms with Crippen LogP contribution in [0.1, 0.15) is 89.0 Å². The van der Waals surface area contributed by atoms with Gasteiger partial charge in [0.15, 0.2) is 0 Å². The lowest BCUT2D eigenvalue weighted by Gasteiger charge is -2.34. The zero-order valence-corrected chi connectivity index (χ0v) is 22.3. The van der Waals surface area contributed by atoms with Crippen molar-refractivity contribution in [3.05, 3.63) is 64.7 Å². The highest BCUT2D eigenvalue weighted by atomic mass is 32.2. The predicted octanol–water partition coefficient (Wildman–Crippen LogP) is 6.56. The Labute approximate surface area is 201 Å². The van der Waals surface area contributed by atoms with E-state index in [2.05, 4.69) is 59.7 Å². The Morgan fingerprint density at radius 3 is 1.91 bits per heavy atom. The molecular formula is C28H42O4S. The van der Waals surface area contributed by atoms with Crippen LogP contribution in [-0.2, 0) is 22.0 Å². The van der Waals surface area contributed by atoms with Crippen molar-refractivity contribution in [2.75, 3.05) is 6.26 Å². The summed E-state index contributed by atoms with van der Waals surface area (Å²) in [4.78, 5) is 0. The molecular weight excluding hydrogens is 432 g/mol. The molecule has 33 heavy (non-hydrogen) atoms. The molecule has 0 amide bonds. The molecule has 0 radical (unpaired) electrons. The van der Waals surface area contributed by atoms with E-state index in [1.54, 1.807) is 12.1 Å². The lowest BCUT2D eigenvalue weighted by molar-refractivity contribution is 0.0101. The maximum absolute atomic E-state index is 11.4. The fourth-order valence-corrected chi connectivity index (χ4v) is 5.56. The highest BCUT2D eigenvalue weighted by molar-refractivity contribution is 7.86. The third-order valence-corrected chi connectivity index (χ3v) is 7.87. The molecule has 184 valence electrons. The van der Waals surface area contributed by atoms with Crippen LogP contribution in [0.4, 0.5) is 0 Å². The molecule has 0 saturated heterocycles. The Hall–Kier alpha value is -1.85. The van der Waals surface area contributed by atoms with Crippen molar-refractivity contribution >= 4 is 10.1 Å². The first-order valence-electron chi connectivity index (χ1n) is 12.2. The highest BCUT2D eigenvalue weighted by Crippen LogP contribution is 2.40. The van der Waals surface area contributed by atoms with Gasteiger partial charge in [-0.1, -0.05) is 65.0 Å². The van der Waals surface area contributed by atoms with E-state index in [1.807, 2.05) is 12.1 Å². The molecule has 2 aromatic rings. The van der Waals surface area contributed by atoms with Gasteiger partial charge in [0.25, 0.3) is 0 Å². The Balaban J connectivity index is 2.32. The van der Waals surface area contributed by atoms with E-state index in [4.69, 9.17) is 4.18 Å². The number of aliphatic hydroxyl groups is 1. The van der Waals surface area contributed by atoms with Crippen molar-refractivity contribution in [3.8, 4) is 5.75 Å². The molecule has 1 unspecified atom stereocenters. The van der Waals surface area contributed by atoms with Crippen LogP contribution < -0.4 is 4.18 Å². The molecule has 0 bridgehead atoms. The molecule has 1 atom stereocenters. The second-order valence-corrected chi connectivity index (χ2v) is 11.3. The first-order chi connectivity index (χ1) is 15.4. The fourth-order valence-electron chi connectivity index (χ4n) is 5.09. The number of aryl methyl sites for hydroxylation is 1. The lowest BCUT2D eigenvalue weighted by atomic mass is 9.70. The van der Waals surface area contributed by atoms with Gasteiger partial charge in [-0.15, -0.1) is 0 Å². The monoisotopic (exact) mass is 474 g/mol. The standard InChI is InChI=1S/C28H42O4S/c1-8-27(29,9-2)20-21(5)18-23-12-13-25(19-22(23)6)28(10-3,11-4)24-14-16-26(17-15-24)32-33(7,30)31/h12-17,19,21,29H,8-11,18,20H2,1-7H3. The molecule has 0 aliphatic heterocycles. The molecule has 5 heteroatoms. The molecule has 0 saturated carbocycles. The molecule has 0 heterocycles. The van der Waals surface area contributed by atoms with Crippen molar-refractivity contribution in [1.82, 2.24) is 0 Å². The van der Waals surface area contributed by atoms with Crippen LogP contribution in [0.15, 0.2) is 42.5 Å². The second-order valence-electron chi connectivity index (χ2n) is 9.69. The van der Waals surface area contributed by atoms with Gasteiger partial charge >= 0.3 is 10.1 Å². The first-order valence-corrected chi connectivity index (χ1v) is 14.1. The number of hydrogen-bond donors (Lipinski definition) is 1. The van der Waals surface area contributed by atoms with Crippen LogP contribution in [0.25, 0.3) is 0 Å². The Bertz CT molecular complexity index is 1000. The number of hydrogen-bond acceptors (Lipinski definition) is 4. The molecule has 0 aliphatic carbocycles. The predicted molar refractivity (Wildman–Crippen MR) is 137 cm³/mol. The van der Waals surface area contributed by atoms with E-state index in [-0.39, 0.29) is 5.41 Å². The smallest absolute Gasteiger partial charge is 0.306 e. The molecule has 2 rings (SSSR count). The van der Waals surface area contributed by atoms with Crippen molar-refractivity contribution < 1.29 is 17.7 Å². The third-order valence-electron chi connectivity index (χ3n) is 7.37. The lowest BCUT2D eigenvalue weighted by Crippen LogP contribution is -2.29. The summed E-state index contributed by atoms with van der Waals surface area (Å²) in [5.41, 5.74) is 4.32. The molecule has 0 spiro atoms. The molecule has 0 aliphatic rings. The molecule has 1 N–H and O–H groups in total. The summed E-state index contributed by atoms with van der Waals surface area (Å²) in [5.74, 6) is 0.742. The van der Waals surface area contributed by atoms with Crippen LogP contribution in [-0.4, -0.2) is 25.4 Å². The van der Waals surface area contributed by atoms with Crippen molar-refractivity contribution in [3.63, 3.8) is 0 Å². The minimum atomic E-state index is -3.54. The van der Waals surface area contributed by atoms with Gasteiger partial charge in [0.2, 0.25) is 0 Å². The second kappa shape index (κ2) is 11.1. The Morgan fingerprint density at radius 2 is 1.45 bits per heavy atom. The van der Waals surface area contributed by atoms with Crippen molar-refractivity contribution in [2.24, 2.45) is 5.92 Å². The van der Waals surface area contributed by atoms with Crippen LogP contribution in [0.5, 0.6) is 5.75 Å². The first kappa shape index (κ1) is 27.4. The van der Waals surface area contributed by atoms with Gasteiger partial charge in [-0.25, -0.2) is 0 Å². The van der Waals surface area contributed by atoms with Crippen LogP contribution >= 0.6 is 0 Å². The number of benzene rings is 2. The summed E-state index contributed by atoms with van der Waals surface area (Å²) < 4.78 is 27.9. The average molecular weight is 475 g/mol. The van der Waals surface area contributed by atoms with Gasteiger partial charge in [-0.05, 0) is 85.8 Å². The van der Waals surface area contributed by atoms with E-state index in [0.29, 0.717) is 11.7 Å². The summed E-state index contributed by atoms with van der Waals surface area (Å²) in [7, 11) is -3.54. The van der Waals surface area contributed by atoms with Crippen LogP contribution in [0, 0.1) is 12.8 Å². The summed E-state index contributed by atoms with van der Waals surface area (Å²) in [5, 5.41) is 10.7. The largest absolute Gasteiger partial charge is 0.390 e. The minimum Gasteiger partial charge on any atom is -0.390 e. The van der Waals surface area contributed by atoms with Gasteiger partial charge in [-0.3, -0.25) is 0 Å². The topological polar surface area (TPSA) is 63.6 Å². The van der Waals surface area contributed by atoms with Gasteiger partial charge in [0.05, 0.1) is 11.9 Å². The minimum absolute atomic E-state index is 0.150. The average Bonchev–Trinajstić information content (AvgIpc) is 2.76. The van der Waals surface area contributed by atoms with E-state index >= 15 is 0 Å². The van der Waals surface area contributed by atoms with E-state index in [9.17, 15) is 13.5 Å². The van der Waals surface area contributed by atoms with Gasteiger partial charge in [0.1, 0.15) is 5.75 Å². The summed E-state index contributed by atoms with van der Waals surface area (Å²) in [6.45, 7) is 12.9. The molecule has 4 nitrogen and oxygen atoms in total. The Morgan fingerprint density at radius 1 is 0.909 bits per heavy atom. The maximum Gasteiger partial charge on any atom is 0.306 e. The maximum atomic E-state index is 11.4. The third kappa shape index (κ3) is 6.83. The van der Waals surface area contributed by atoms with Gasteiger partial charge < -0.3 is 9.29 Å². The van der Waals surface area contributed by atoms with Crippen molar-refractivity contribution in [1.29, 1.82) is 0 Å². The SMILES string of the molecule is CCC(O)(CC)CC(C)Cc1ccc(C(CC)(CC)c2ccc(OS(C)(=O)=O)cc2)cc1C. The van der Waals surface area contributed by atoms with E-state index in [1.165, 1.54) is 16.7 Å². The summed E-state index contributed by atoms with van der Waals surface area (Å²) >= 11 is 0. The van der Waals surface area contributed by atoms with Crippen LogP contribution in [0.3, 0.4) is 0 Å².